The molecule has 2 aliphatic heterocycles. The smallest absolute Gasteiger partial charge is 0.245 e. The Morgan fingerprint density at radius 2 is 1.66 bits per heavy atom. The Kier molecular flexibility index (Phi) is 15.3. The van der Waals surface area contributed by atoms with Gasteiger partial charge in [-0.25, -0.2) is 0 Å². The zero-order valence-electron chi connectivity index (χ0n) is 33.8. The molecule has 2 bridgehead atoms. The highest BCUT2D eigenvalue weighted by molar-refractivity contribution is 5.90. The van der Waals surface area contributed by atoms with Crippen LogP contribution in [0.4, 0.5) is 0 Å². The number of fused-ring (bicyclic) bond motifs is 2. The second-order valence-corrected chi connectivity index (χ2v) is 16.3. The van der Waals surface area contributed by atoms with Crippen molar-refractivity contribution in [2.75, 3.05) is 34.9 Å². The summed E-state index contributed by atoms with van der Waals surface area (Å²) < 4.78 is 12.0. The third-order valence-electron chi connectivity index (χ3n) is 12.6. The highest BCUT2D eigenvalue weighted by Crippen LogP contribution is 2.41. The number of ether oxygens (including phenoxy) is 2. The molecule has 1 aliphatic carbocycles. The minimum Gasteiger partial charge on any atom is -0.386 e. The molecule has 3 N–H and O–H groups in total. The normalized spacial score (nSPS) is 26.0. The first-order chi connectivity index (χ1) is 25.2. The van der Waals surface area contributed by atoms with Crippen molar-refractivity contribution in [3.63, 3.8) is 0 Å². The number of likely N-dealkylation sites (N-methyl/N-ethyl adjacent to an activating group) is 2. The van der Waals surface area contributed by atoms with Gasteiger partial charge in [-0.05, 0) is 69.4 Å². The molecule has 298 valence electrons. The van der Waals surface area contributed by atoms with Gasteiger partial charge in [-0.15, -0.1) is 0 Å². The molecule has 12 heteroatoms. The zero-order chi connectivity index (χ0) is 39.1. The van der Waals surface area contributed by atoms with Crippen LogP contribution in [-0.4, -0.2) is 127 Å². The van der Waals surface area contributed by atoms with E-state index in [-0.39, 0.29) is 54.0 Å². The fourth-order valence-corrected chi connectivity index (χ4v) is 9.26. The van der Waals surface area contributed by atoms with Crippen LogP contribution in [0.2, 0.25) is 0 Å². The molecule has 53 heavy (non-hydrogen) atoms. The van der Waals surface area contributed by atoms with E-state index in [1.807, 2.05) is 56.1 Å². The number of carbonyl (C=O) groups excluding carboxylic acids is 4. The van der Waals surface area contributed by atoms with Gasteiger partial charge in [-0.2, -0.15) is 0 Å². The van der Waals surface area contributed by atoms with Gasteiger partial charge in [0, 0.05) is 33.9 Å². The number of piperidine rings is 1. The van der Waals surface area contributed by atoms with Crippen molar-refractivity contribution in [2.45, 2.75) is 141 Å². The molecule has 2 unspecified atom stereocenters. The van der Waals surface area contributed by atoms with Gasteiger partial charge in [-0.1, -0.05) is 71.4 Å². The van der Waals surface area contributed by atoms with E-state index in [1.54, 1.807) is 40.0 Å². The van der Waals surface area contributed by atoms with E-state index in [1.165, 1.54) is 0 Å². The topological polar surface area (TPSA) is 141 Å². The first-order valence-corrected chi connectivity index (χ1v) is 19.8. The summed E-state index contributed by atoms with van der Waals surface area (Å²) in [5.41, 5.74) is 0.715. The van der Waals surface area contributed by atoms with Crippen LogP contribution < -0.4 is 10.6 Å². The molecule has 0 radical (unpaired) electrons. The van der Waals surface area contributed by atoms with Crippen molar-refractivity contribution in [1.82, 2.24) is 25.3 Å². The van der Waals surface area contributed by atoms with Gasteiger partial charge in [-0.3, -0.25) is 24.1 Å². The van der Waals surface area contributed by atoms with E-state index in [9.17, 15) is 24.3 Å². The zero-order valence-corrected chi connectivity index (χ0v) is 33.8. The first kappa shape index (κ1) is 42.7. The minimum atomic E-state index is -0.872. The van der Waals surface area contributed by atoms with Crippen LogP contribution in [0.3, 0.4) is 0 Å². The number of hydrogen-bond donors (Lipinski definition) is 3. The summed E-state index contributed by atoms with van der Waals surface area (Å²) in [4.78, 5) is 61.3. The third kappa shape index (κ3) is 9.61. The lowest BCUT2D eigenvalue weighted by Gasteiger charge is -2.41. The van der Waals surface area contributed by atoms with Crippen molar-refractivity contribution < 1.29 is 33.8 Å². The van der Waals surface area contributed by atoms with E-state index >= 15 is 0 Å². The van der Waals surface area contributed by atoms with E-state index in [0.29, 0.717) is 30.5 Å². The molecular weight excluding hydrogens is 674 g/mol. The summed E-state index contributed by atoms with van der Waals surface area (Å²) in [7, 11) is 6.92. The second kappa shape index (κ2) is 19.0. The number of likely N-dealkylation sites (tertiary alicyclic amines) is 2. The van der Waals surface area contributed by atoms with Crippen molar-refractivity contribution in [1.29, 1.82) is 0 Å². The molecule has 0 aromatic heterocycles. The number of aliphatic hydroxyl groups excluding tert-OH is 1. The molecule has 2 saturated heterocycles. The van der Waals surface area contributed by atoms with E-state index in [2.05, 4.69) is 29.4 Å². The van der Waals surface area contributed by atoms with Crippen LogP contribution in [0.5, 0.6) is 0 Å². The van der Waals surface area contributed by atoms with Crippen LogP contribution in [0, 0.1) is 23.7 Å². The molecule has 12 atom stereocenters. The van der Waals surface area contributed by atoms with E-state index < -0.39 is 42.4 Å². The molecule has 12 nitrogen and oxygen atoms in total. The quantitative estimate of drug-likeness (QED) is 0.207. The van der Waals surface area contributed by atoms with E-state index in [4.69, 9.17) is 9.47 Å². The number of methoxy groups -OCH3 is 2. The van der Waals surface area contributed by atoms with Crippen molar-refractivity contribution in [2.24, 2.45) is 23.7 Å². The van der Waals surface area contributed by atoms with Crippen LogP contribution in [-0.2, 0) is 28.7 Å². The Hall–Kier alpha value is -3.06. The maximum absolute atomic E-state index is 14.3. The van der Waals surface area contributed by atoms with Gasteiger partial charge >= 0.3 is 0 Å². The van der Waals surface area contributed by atoms with Crippen LogP contribution >= 0.6 is 0 Å². The van der Waals surface area contributed by atoms with Gasteiger partial charge in [0.25, 0.3) is 0 Å². The average molecular weight is 742 g/mol. The molecular formula is C41H67N5O7. The Balaban J connectivity index is 1.44. The van der Waals surface area contributed by atoms with Gasteiger partial charge < -0.3 is 35.0 Å². The maximum atomic E-state index is 14.3. The number of benzene rings is 1. The molecule has 2 heterocycles. The number of nitrogens with zero attached hydrogens (tertiary/aromatic N) is 3. The second-order valence-electron chi connectivity index (χ2n) is 16.3. The lowest BCUT2D eigenvalue weighted by atomic mass is 9.89. The van der Waals surface area contributed by atoms with Gasteiger partial charge in [0.15, 0.2) is 0 Å². The Morgan fingerprint density at radius 3 is 2.23 bits per heavy atom. The van der Waals surface area contributed by atoms with Gasteiger partial charge in [0.1, 0.15) is 6.04 Å². The molecule has 4 rings (SSSR count). The van der Waals surface area contributed by atoms with Crippen molar-refractivity contribution in [3.05, 3.63) is 35.9 Å². The molecule has 1 saturated carbocycles. The molecule has 0 spiro atoms. The average Bonchev–Trinajstić information content (AvgIpc) is 3.90. The standard InChI is InChI=1S/C41H67N5O7/c1-11-25(4)35(45(8)41(51)34(24(2)3)43-40(50)36-29-19-20-30(22-29)44(36)7)32(52-9)23-33(47)46-21-15-18-31(46)38(53-10)26(5)39(49)42-27(6)37(48)28-16-13-12-14-17-28/h12-14,16-17,24-27,29-32,34-38,48H,11,15,18-23H2,1-10H3,(H,42,49)(H,43,50)/t25-,26+,27+,29-,30+,31?,32+,34?,35-,36-,37+,38+/m0/s1. The summed E-state index contributed by atoms with van der Waals surface area (Å²) in [6, 6.07) is 7.42. The number of aliphatic hydroxyl groups is 1. The fraction of sp³-hybridized carbons (Fsp3) is 0.756. The molecule has 1 aromatic rings. The Bertz CT molecular complexity index is 1380. The lowest BCUT2D eigenvalue weighted by molar-refractivity contribution is -0.148. The Morgan fingerprint density at radius 1 is 0.981 bits per heavy atom. The predicted octanol–water partition coefficient (Wildman–Crippen LogP) is 3.77. The largest absolute Gasteiger partial charge is 0.386 e. The highest BCUT2D eigenvalue weighted by Gasteiger charge is 2.49. The number of rotatable bonds is 18. The van der Waals surface area contributed by atoms with Crippen LogP contribution in [0.1, 0.15) is 98.2 Å². The highest BCUT2D eigenvalue weighted by atomic mass is 16.5. The van der Waals surface area contributed by atoms with Crippen molar-refractivity contribution >= 4 is 23.6 Å². The fourth-order valence-electron chi connectivity index (χ4n) is 9.26. The SMILES string of the molecule is CC[C@H](C)[C@@H]([C@@H](CC(=O)N1CCCC1[C@H](OC)[C@@H](C)C(=O)N[C@H](C)[C@@H](O)c1ccccc1)OC)N(C)C(=O)C(NC(=O)[C@@H]1[C@H]2CC[C@H](C2)N1C)C(C)C. The third-order valence-corrected chi connectivity index (χ3v) is 12.6. The number of amides is 4. The summed E-state index contributed by atoms with van der Waals surface area (Å²) >= 11 is 0. The summed E-state index contributed by atoms with van der Waals surface area (Å²) in [5, 5.41) is 16.9. The number of nitrogens with one attached hydrogen (secondary N) is 2. The van der Waals surface area contributed by atoms with Gasteiger partial charge in [0.05, 0.1) is 54.8 Å². The Labute approximate surface area is 317 Å². The molecule has 3 aliphatic rings. The summed E-state index contributed by atoms with van der Waals surface area (Å²) in [6.45, 7) is 12.1. The van der Waals surface area contributed by atoms with E-state index in [0.717, 1.165) is 32.1 Å². The lowest BCUT2D eigenvalue weighted by Crippen LogP contribution is -2.60. The molecule has 4 amide bonds. The summed E-state index contributed by atoms with van der Waals surface area (Å²) in [6.07, 6.45) is 3.40. The molecule has 1 aromatic carbocycles. The van der Waals surface area contributed by atoms with Crippen molar-refractivity contribution in [3.8, 4) is 0 Å². The molecule has 3 fully saturated rings. The monoisotopic (exact) mass is 742 g/mol. The van der Waals surface area contributed by atoms with Crippen LogP contribution in [0.25, 0.3) is 0 Å². The number of hydrogen-bond acceptors (Lipinski definition) is 8. The maximum Gasteiger partial charge on any atom is 0.245 e. The van der Waals surface area contributed by atoms with Crippen LogP contribution in [0.15, 0.2) is 30.3 Å². The number of carbonyl (C=O) groups is 4. The minimum absolute atomic E-state index is 0.0000398. The first-order valence-electron chi connectivity index (χ1n) is 19.8. The predicted molar refractivity (Wildman–Crippen MR) is 205 cm³/mol. The summed E-state index contributed by atoms with van der Waals surface area (Å²) in [5.74, 6) is -1.07. The van der Waals surface area contributed by atoms with Gasteiger partial charge in [0.2, 0.25) is 23.6 Å².